The van der Waals surface area contributed by atoms with Crippen LogP contribution in [0.15, 0.2) is 12.1 Å². The molecule has 0 amide bonds. The van der Waals surface area contributed by atoms with Gasteiger partial charge in [-0.1, -0.05) is 35.8 Å². The smallest absolute Gasteiger partial charge is 0.194 e. The lowest BCUT2D eigenvalue weighted by molar-refractivity contribution is 0.436. The Kier molecular flexibility index (Phi) is 3.59. The first-order valence-electron chi connectivity index (χ1n) is 4.22. The van der Waals surface area contributed by atoms with E-state index in [4.69, 9.17) is 0 Å². The van der Waals surface area contributed by atoms with Crippen LogP contribution in [0.1, 0.15) is 25.3 Å². The van der Waals surface area contributed by atoms with Crippen molar-refractivity contribution in [3.63, 3.8) is 0 Å². The van der Waals surface area contributed by atoms with Crippen LogP contribution in [0.4, 0.5) is 13.2 Å². The molecule has 0 aliphatic rings. The molecule has 0 nitrogen and oxygen atoms in total. The van der Waals surface area contributed by atoms with E-state index in [1.165, 1.54) is 6.07 Å². The summed E-state index contributed by atoms with van der Waals surface area (Å²) >= 11 is 3.27. The molecule has 1 aromatic rings. The van der Waals surface area contributed by atoms with E-state index < -0.39 is 17.5 Å². The highest BCUT2D eigenvalue weighted by atomic mass is 79.9. The Morgan fingerprint density at radius 3 is 2.14 bits per heavy atom. The molecule has 2 unspecified atom stereocenters. The molecule has 0 spiro atoms. The fraction of sp³-hybridized carbons (Fsp3) is 0.400. The van der Waals surface area contributed by atoms with E-state index in [9.17, 15) is 13.2 Å². The number of hydrogen-bond acceptors (Lipinski definition) is 0. The van der Waals surface area contributed by atoms with Crippen molar-refractivity contribution in [3.8, 4) is 0 Å². The number of halogens is 4. The van der Waals surface area contributed by atoms with Crippen LogP contribution in [0, 0.1) is 17.5 Å². The van der Waals surface area contributed by atoms with Gasteiger partial charge in [0.15, 0.2) is 17.5 Å². The van der Waals surface area contributed by atoms with E-state index in [2.05, 4.69) is 15.9 Å². The summed E-state index contributed by atoms with van der Waals surface area (Å²) in [7, 11) is 0. The van der Waals surface area contributed by atoms with Crippen LogP contribution in [0.5, 0.6) is 0 Å². The van der Waals surface area contributed by atoms with E-state index in [1.807, 2.05) is 6.92 Å². The molecule has 4 heteroatoms. The van der Waals surface area contributed by atoms with Crippen molar-refractivity contribution in [1.29, 1.82) is 0 Å². The SMILES string of the molecule is CC(Br)C(C)c1ccc(F)c(F)c1F. The molecular weight excluding hydrogens is 257 g/mol. The van der Waals surface area contributed by atoms with E-state index in [0.717, 1.165) is 6.07 Å². The predicted molar refractivity (Wildman–Crippen MR) is 53.1 cm³/mol. The van der Waals surface area contributed by atoms with Crippen molar-refractivity contribution < 1.29 is 13.2 Å². The summed E-state index contributed by atoms with van der Waals surface area (Å²) in [4.78, 5) is 0.00172. The molecule has 0 saturated carbocycles. The van der Waals surface area contributed by atoms with Gasteiger partial charge in [-0.15, -0.1) is 0 Å². The highest BCUT2D eigenvalue weighted by molar-refractivity contribution is 9.09. The van der Waals surface area contributed by atoms with Gasteiger partial charge in [0, 0.05) is 4.83 Å². The minimum absolute atomic E-state index is 0.00172. The van der Waals surface area contributed by atoms with Gasteiger partial charge in [-0.3, -0.25) is 0 Å². The van der Waals surface area contributed by atoms with Crippen molar-refractivity contribution in [3.05, 3.63) is 35.1 Å². The second-order valence-electron chi connectivity index (χ2n) is 3.23. The lowest BCUT2D eigenvalue weighted by Gasteiger charge is -2.15. The molecule has 1 aromatic carbocycles. The molecule has 0 heterocycles. The molecule has 78 valence electrons. The van der Waals surface area contributed by atoms with Gasteiger partial charge in [-0.2, -0.15) is 0 Å². The number of benzene rings is 1. The maximum absolute atomic E-state index is 13.2. The quantitative estimate of drug-likeness (QED) is 0.561. The minimum atomic E-state index is -1.40. The zero-order valence-corrected chi connectivity index (χ0v) is 9.41. The highest BCUT2D eigenvalue weighted by Gasteiger charge is 2.20. The van der Waals surface area contributed by atoms with Gasteiger partial charge in [0.1, 0.15) is 0 Å². The molecule has 0 saturated heterocycles. The van der Waals surface area contributed by atoms with E-state index in [-0.39, 0.29) is 16.3 Å². The van der Waals surface area contributed by atoms with Crippen molar-refractivity contribution >= 4 is 15.9 Å². The fourth-order valence-electron chi connectivity index (χ4n) is 1.14. The van der Waals surface area contributed by atoms with Crippen LogP contribution in [-0.4, -0.2) is 4.83 Å². The number of rotatable bonds is 2. The Morgan fingerprint density at radius 1 is 1.07 bits per heavy atom. The monoisotopic (exact) mass is 266 g/mol. The van der Waals surface area contributed by atoms with Crippen LogP contribution in [0.3, 0.4) is 0 Å². The number of hydrogen-bond donors (Lipinski definition) is 0. The summed E-state index contributed by atoms with van der Waals surface area (Å²) in [6, 6.07) is 2.22. The first-order chi connectivity index (χ1) is 6.45. The van der Waals surface area contributed by atoms with Crippen molar-refractivity contribution in [2.45, 2.75) is 24.6 Å². The van der Waals surface area contributed by atoms with Crippen molar-refractivity contribution in [1.82, 2.24) is 0 Å². The third-order valence-corrected chi connectivity index (χ3v) is 3.04. The lowest BCUT2D eigenvalue weighted by Crippen LogP contribution is -2.08. The van der Waals surface area contributed by atoms with Gasteiger partial charge in [0.05, 0.1) is 0 Å². The Labute approximate surface area is 89.3 Å². The Morgan fingerprint density at radius 2 is 1.64 bits per heavy atom. The first-order valence-corrected chi connectivity index (χ1v) is 5.14. The molecule has 0 radical (unpaired) electrons. The summed E-state index contributed by atoms with van der Waals surface area (Å²) in [6.45, 7) is 3.57. The molecule has 1 rings (SSSR count). The molecule has 0 bridgehead atoms. The molecule has 0 fully saturated rings. The van der Waals surface area contributed by atoms with Gasteiger partial charge in [-0.25, -0.2) is 13.2 Å². The Balaban J connectivity index is 3.17. The molecule has 0 aromatic heterocycles. The van der Waals surface area contributed by atoms with Crippen LogP contribution >= 0.6 is 15.9 Å². The minimum Gasteiger partial charge on any atom is -0.204 e. The third kappa shape index (κ3) is 2.11. The average Bonchev–Trinajstić information content (AvgIpc) is 2.13. The largest absolute Gasteiger partial charge is 0.204 e. The first kappa shape index (κ1) is 11.6. The summed E-state index contributed by atoms with van der Waals surface area (Å²) in [5, 5.41) is 0. The summed E-state index contributed by atoms with van der Waals surface area (Å²) in [5.74, 6) is -3.85. The lowest BCUT2D eigenvalue weighted by atomic mass is 9.98. The second-order valence-corrected chi connectivity index (χ2v) is 4.68. The normalized spacial score (nSPS) is 15.3. The Bertz CT molecular complexity index is 336. The van der Waals surface area contributed by atoms with E-state index >= 15 is 0 Å². The van der Waals surface area contributed by atoms with Gasteiger partial charge in [0.2, 0.25) is 0 Å². The van der Waals surface area contributed by atoms with Crippen LogP contribution < -0.4 is 0 Å². The maximum Gasteiger partial charge on any atom is 0.194 e. The van der Waals surface area contributed by atoms with Crippen LogP contribution in [-0.2, 0) is 0 Å². The molecule has 0 aliphatic carbocycles. The molecular formula is C10H10BrF3. The summed E-state index contributed by atoms with van der Waals surface area (Å²) in [6.07, 6.45) is 0. The molecule has 14 heavy (non-hydrogen) atoms. The van der Waals surface area contributed by atoms with Crippen LogP contribution in [0.2, 0.25) is 0 Å². The fourth-order valence-corrected chi connectivity index (χ4v) is 1.42. The zero-order chi connectivity index (χ0) is 10.9. The van der Waals surface area contributed by atoms with Gasteiger partial charge in [0.25, 0.3) is 0 Å². The maximum atomic E-state index is 13.2. The van der Waals surface area contributed by atoms with Gasteiger partial charge >= 0.3 is 0 Å². The summed E-state index contributed by atoms with van der Waals surface area (Å²) in [5.41, 5.74) is 0.188. The predicted octanol–water partition coefficient (Wildman–Crippen LogP) is 3.99. The van der Waals surface area contributed by atoms with E-state index in [0.29, 0.717) is 0 Å². The van der Waals surface area contributed by atoms with E-state index in [1.54, 1.807) is 6.92 Å². The second kappa shape index (κ2) is 4.34. The summed E-state index contributed by atoms with van der Waals surface area (Å²) < 4.78 is 38.7. The molecule has 2 atom stereocenters. The Hall–Kier alpha value is -0.510. The zero-order valence-electron chi connectivity index (χ0n) is 7.82. The topological polar surface area (TPSA) is 0 Å². The third-order valence-electron chi connectivity index (χ3n) is 2.24. The van der Waals surface area contributed by atoms with Gasteiger partial charge < -0.3 is 0 Å². The molecule has 0 N–H and O–H groups in total. The highest BCUT2D eigenvalue weighted by Crippen LogP contribution is 2.28. The van der Waals surface area contributed by atoms with Gasteiger partial charge in [-0.05, 0) is 17.5 Å². The van der Waals surface area contributed by atoms with Crippen LogP contribution in [0.25, 0.3) is 0 Å². The van der Waals surface area contributed by atoms with Crippen molar-refractivity contribution in [2.24, 2.45) is 0 Å². The average molecular weight is 267 g/mol. The standard InChI is InChI=1S/C10H10BrF3/c1-5(6(2)11)7-3-4-8(12)10(14)9(7)13/h3-6H,1-2H3. The molecule has 0 aliphatic heterocycles. The number of alkyl halides is 1. The van der Waals surface area contributed by atoms with Crippen molar-refractivity contribution in [2.75, 3.05) is 0 Å².